The number of nitriles is 1. The lowest BCUT2D eigenvalue weighted by Crippen LogP contribution is -2.19. The van der Waals surface area contributed by atoms with Gasteiger partial charge in [0.2, 0.25) is 0 Å². The van der Waals surface area contributed by atoms with Crippen molar-refractivity contribution in [1.29, 1.82) is 5.26 Å². The van der Waals surface area contributed by atoms with E-state index in [1.54, 1.807) is 49.5 Å². The Labute approximate surface area is 185 Å². The molecule has 0 radical (unpaired) electrons. The van der Waals surface area contributed by atoms with E-state index in [-0.39, 0.29) is 5.91 Å². The first kappa shape index (κ1) is 20.8. The second-order valence-electron chi connectivity index (χ2n) is 7.14. The van der Waals surface area contributed by atoms with Crippen LogP contribution in [0.25, 0.3) is 10.9 Å². The Morgan fingerprint density at radius 2 is 1.72 bits per heavy atom. The normalized spacial score (nSPS) is 11.1. The Morgan fingerprint density at radius 3 is 2.47 bits per heavy atom. The standard InChI is InChI=1S/C26H20N4O2/c1-18(21-11-7-19(16-27)8-12-21)29-30-26(31)23-13-9-20(10-14-23)17-32-24-6-2-4-22-5-3-15-28-25(22)24/h2-15H,17H2,1H3,(H,30,31)/b29-18-. The maximum absolute atomic E-state index is 12.4. The monoisotopic (exact) mass is 420 g/mol. The van der Waals surface area contributed by atoms with Gasteiger partial charge in [-0.1, -0.05) is 42.5 Å². The molecule has 3 aromatic carbocycles. The largest absolute Gasteiger partial charge is 0.487 e. The van der Waals surface area contributed by atoms with Crippen molar-refractivity contribution in [2.24, 2.45) is 5.10 Å². The number of carbonyl (C=O) groups is 1. The van der Waals surface area contributed by atoms with Gasteiger partial charge in [-0.25, -0.2) is 5.43 Å². The first-order valence-corrected chi connectivity index (χ1v) is 10.0. The molecule has 0 aliphatic rings. The van der Waals surface area contributed by atoms with Gasteiger partial charge in [-0.3, -0.25) is 9.78 Å². The zero-order valence-corrected chi connectivity index (χ0v) is 17.4. The minimum absolute atomic E-state index is 0.302. The van der Waals surface area contributed by atoms with E-state index in [0.29, 0.717) is 23.4 Å². The van der Waals surface area contributed by atoms with E-state index >= 15 is 0 Å². The van der Waals surface area contributed by atoms with E-state index in [0.717, 1.165) is 27.8 Å². The Kier molecular flexibility index (Phi) is 6.19. The summed E-state index contributed by atoms with van der Waals surface area (Å²) < 4.78 is 5.95. The highest BCUT2D eigenvalue weighted by molar-refractivity contribution is 6.00. The number of amides is 1. The number of pyridine rings is 1. The van der Waals surface area contributed by atoms with E-state index in [2.05, 4.69) is 21.6 Å². The fraction of sp³-hybridized carbons (Fsp3) is 0.0769. The summed E-state index contributed by atoms with van der Waals surface area (Å²) in [6.45, 7) is 2.16. The zero-order valence-electron chi connectivity index (χ0n) is 17.4. The fourth-order valence-corrected chi connectivity index (χ4v) is 3.16. The van der Waals surface area contributed by atoms with E-state index < -0.39 is 0 Å². The van der Waals surface area contributed by atoms with Crippen LogP contribution in [0.2, 0.25) is 0 Å². The maximum atomic E-state index is 12.4. The lowest BCUT2D eigenvalue weighted by Gasteiger charge is -2.09. The minimum Gasteiger partial charge on any atom is -0.487 e. The van der Waals surface area contributed by atoms with Gasteiger partial charge < -0.3 is 4.74 Å². The van der Waals surface area contributed by atoms with Gasteiger partial charge in [0.05, 0.1) is 17.3 Å². The molecule has 6 nitrogen and oxygen atoms in total. The molecular weight excluding hydrogens is 400 g/mol. The molecule has 0 unspecified atom stereocenters. The minimum atomic E-state index is -0.302. The number of nitrogens with zero attached hydrogens (tertiary/aromatic N) is 3. The molecule has 1 aromatic heterocycles. The number of benzene rings is 3. The molecule has 32 heavy (non-hydrogen) atoms. The van der Waals surface area contributed by atoms with E-state index in [1.807, 2.05) is 42.5 Å². The molecule has 0 fully saturated rings. The summed E-state index contributed by atoms with van der Waals surface area (Å²) in [4.78, 5) is 16.8. The van der Waals surface area contributed by atoms with E-state index in [9.17, 15) is 4.79 Å². The number of hydrazone groups is 1. The van der Waals surface area contributed by atoms with Gasteiger partial charge in [0.25, 0.3) is 5.91 Å². The smallest absolute Gasteiger partial charge is 0.271 e. The Morgan fingerprint density at radius 1 is 1.00 bits per heavy atom. The number of rotatable bonds is 6. The van der Waals surface area contributed by atoms with Crippen molar-refractivity contribution < 1.29 is 9.53 Å². The number of hydrogen-bond donors (Lipinski definition) is 1. The zero-order chi connectivity index (χ0) is 22.3. The summed E-state index contributed by atoms with van der Waals surface area (Å²) in [7, 11) is 0. The molecule has 0 atom stereocenters. The van der Waals surface area contributed by atoms with Crippen molar-refractivity contribution in [2.75, 3.05) is 0 Å². The average Bonchev–Trinajstić information content (AvgIpc) is 2.86. The fourth-order valence-electron chi connectivity index (χ4n) is 3.16. The number of nitrogens with one attached hydrogen (secondary N) is 1. The van der Waals surface area contributed by atoms with Gasteiger partial charge in [-0.05, 0) is 54.4 Å². The predicted octanol–water partition coefficient (Wildman–Crippen LogP) is 4.84. The van der Waals surface area contributed by atoms with Crippen molar-refractivity contribution in [3.8, 4) is 11.8 Å². The highest BCUT2D eigenvalue weighted by Crippen LogP contribution is 2.23. The van der Waals surface area contributed by atoms with Crippen molar-refractivity contribution >= 4 is 22.5 Å². The molecule has 4 aromatic rings. The van der Waals surface area contributed by atoms with Crippen LogP contribution in [0, 0.1) is 11.3 Å². The molecule has 0 spiro atoms. The van der Waals surface area contributed by atoms with Crippen LogP contribution in [0.15, 0.2) is 90.2 Å². The summed E-state index contributed by atoms with van der Waals surface area (Å²) in [5.74, 6) is 0.418. The van der Waals surface area contributed by atoms with Crippen LogP contribution in [0.3, 0.4) is 0 Å². The number of aromatic nitrogens is 1. The lowest BCUT2D eigenvalue weighted by molar-refractivity contribution is 0.0955. The summed E-state index contributed by atoms with van der Waals surface area (Å²) in [5, 5.41) is 14.1. The molecule has 4 rings (SSSR count). The molecule has 0 saturated carbocycles. The summed E-state index contributed by atoms with van der Waals surface area (Å²) in [5.41, 5.74) is 6.88. The molecule has 1 heterocycles. The van der Waals surface area contributed by atoms with Gasteiger partial charge in [0.15, 0.2) is 0 Å². The number of fused-ring (bicyclic) bond motifs is 1. The molecule has 156 valence electrons. The summed E-state index contributed by atoms with van der Waals surface area (Å²) in [6.07, 6.45) is 1.74. The van der Waals surface area contributed by atoms with Crippen LogP contribution in [-0.4, -0.2) is 16.6 Å². The maximum Gasteiger partial charge on any atom is 0.271 e. The molecule has 1 amide bonds. The molecule has 0 saturated heterocycles. The van der Waals surface area contributed by atoms with Crippen LogP contribution in [0.1, 0.15) is 34.0 Å². The van der Waals surface area contributed by atoms with Gasteiger partial charge >= 0.3 is 0 Å². The predicted molar refractivity (Wildman–Crippen MR) is 123 cm³/mol. The Bertz CT molecular complexity index is 1320. The second-order valence-corrected chi connectivity index (χ2v) is 7.14. The van der Waals surface area contributed by atoms with Gasteiger partial charge in [0.1, 0.15) is 17.9 Å². The lowest BCUT2D eigenvalue weighted by atomic mass is 10.1. The van der Waals surface area contributed by atoms with Crippen LogP contribution in [0.4, 0.5) is 0 Å². The SMILES string of the molecule is C/C(=N/NC(=O)c1ccc(COc2cccc3cccnc23)cc1)c1ccc(C#N)cc1. The second kappa shape index (κ2) is 9.54. The molecule has 0 bridgehead atoms. The van der Waals surface area contributed by atoms with Crippen LogP contribution >= 0.6 is 0 Å². The summed E-state index contributed by atoms with van der Waals surface area (Å²) in [6, 6.07) is 26.0. The number of para-hydroxylation sites is 1. The molecule has 0 aliphatic heterocycles. The van der Waals surface area contributed by atoms with Crippen LogP contribution < -0.4 is 10.2 Å². The molecule has 6 heteroatoms. The number of carbonyl (C=O) groups excluding carboxylic acids is 1. The molecule has 0 aliphatic carbocycles. The van der Waals surface area contributed by atoms with Crippen LogP contribution in [-0.2, 0) is 6.61 Å². The van der Waals surface area contributed by atoms with Crippen molar-refractivity contribution in [3.63, 3.8) is 0 Å². The van der Waals surface area contributed by atoms with Crippen molar-refractivity contribution in [1.82, 2.24) is 10.4 Å². The highest BCUT2D eigenvalue weighted by Gasteiger charge is 2.07. The third-order valence-electron chi connectivity index (χ3n) is 4.96. The third-order valence-corrected chi connectivity index (χ3v) is 4.96. The molecular formula is C26H20N4O2. The Balaban J connectivity index is 1.37. The van der Waals surface area contributed by atoms with E-state index in [1.165, 1.54) is 0 Å². The first-order valence-electron chi connectivity index (χ1n) is 10.0. The quantitative estimate of drug-likeness (QED) is 0.357. The third kappa shape index (κ3) is 4.79. The number of hydrogen-bond acceptors (Lipinski definition) is 5. The summed E-state index contributed by atoms with van der Waals surface area (Å²) >= 11 is 0. The Hall–Kier alpha value is -4.50. The number of ether oxygens (including phenoxy) is 1. The topological polar surface area (TPSA) is 87.4 Å². The average molecular weight is 420 g/mol. The first-order chi connectivity index (χ1) is 15.6. The molecule has 1 N–H and O–H groups in total. The van der Waals surface area contributed by atoms with Gasteiger partial charge in [-0.2, -0.15) is 10.4 Å². The van der Waals surface area contributed by atoms with E-state index in [4.69, 9.17) is 10.00 Å². The highest BCUT2D eigenvalue weighted by atomic mass is 16.5. The van der Waals surface area contributed by atoms with Gasteiger partial charge in [-0.15, -0.1) is 0 Å². The van der Waals surface area contributed by atoms with Crippen molar-refractivity contribution in [3.05, 3.63) is 107 Å². The van der Waals surface area contributed by atoms with Crippen molar-refractivity contribution in [2.45, 2.75) is 13.5 Å². The van der Waals surface area contributed by atoms with Gasteiger partial charge in [0, 0.05) is 17.1 Å². The van der Waals surface area contributed by atoms with Crippen LogP contribution in [0.5, 0.6) is 5.75 Å².